The van der Waals surface area contributed by atoms with Crippen LogP contribution in [-0.4, -0.2) is 11.8 Å². The van der Waals surface area contributed by atoms with E-state index in [0.29, 0.717) is 12.8 Å². The van der Waals surface area contributed by atoms with Gasteiger partial charge in [-0.2, -0.15) is 13.2 Å². The number of rotatable bonds is 1. The minimum atomic E-state index is -4.51. The Bertz CT molecular complexity index is 678. The Morgan fingerprint density at radius 1 is 1.14 bits per heavy atom. The molecule has 0 spiro atoms. The van der Waals surface area contributed by atoms with Crippen LogP contribution in [-0.2, 0) is 15.8 Å². The van der Waals surface area contributed by atoms with Crippen molar-refractivity contribution in [1.29, 1.82) is 0 Å². The van der Waals surface area contributed by atoms with Gasteiger partial charge in [-0.1, -0.05) is 17.7 Å². The van der Waals surface area contributed by atoms with Gasteiger partial charge in [0.2, 0.25) is 11.8 Å². The SMILES string of the molecule is CC1=CC[C@@H]2C(=O)N(c3cccc(C(F)(F)F)c3)C(=O)[C@H]2C1. The molecule has 0 N–H and O–H groups in total. The molecule has 1 saturated heterocycles. The van der Waals surface area contributed by atoms with Gasteiger partial charge in [-0.3, -0.25) is 14.5 Å². The van der Waals surface area contributed by atoms with Gasteiger partial charge in [0.1, 0.15) is 0 Å². The van der Waals surface area contributed by atoms with E-state index in [2.05, 4.69) is 0 Å². The fourth-order valence-corrected chi connectivity index (χ4v) is 3.11. The molecule has 22 heavy (non-hydrogen) atoms. The number of carbonyl (C=O) groups excluding carboxylic acids is 2. The number of benzene rings is 1. The molecule has 2 atom stereocenters. The van der Waals surface area contributed by atoms with Crippen LogP contribution >= 0.6 is 0 Å². The van der Waals surface area contributed by atoms with Crippen LogP contribution in [0.1, 0.15) is 25.3 Å². The van der Waals surface area contributed by atoms with Gasteiger partial charge in [-0.15, -0.1) is 0 Å². The van der Waals surface area contributed by atoms with E-state index in [9.17, 15) is 22.8 Å². The number of allylic oxidation sites excluding steroid dienone is 2. The number of alkyl halides is 3. The van der Waals surface area contributed by atoms with Gasteiger partial charge in [-0.05, 0) is 38.0 Å². The third-order valence-corrected chi connectivity index (χ3v) is 4.25. The number of halogens is 3. The fraction of sp³-hybridized carbons (Fsp3) is 0.375. The second-order valence-electron chi connectivity index (χ2n) is 5.76. The summed E-state index contributed by atoms with van der Waals surface area (Å²) >= 11 is 0. The van der Waals surface area contributed by atoms with Crippen molar-refractivity contribution in [2.45, 2.75) is 25.9 Å². The van der Waals surface area contributed by atoms with Crippen molar-refractivity contribution in [3.05, 3.63) is 41.5 Å². The molecule has 1 aliphatic carbocycles. The van der Waals surface area contributed by atoms with Crippen LogP contribution in [0.15, 0.2) is 35.9 Å². The smallest absolute Gasteiger partial charge is 0.274 e. The van der Waals surface area contributed by atoms with Crippen LogP contribution in [0.2, 0.25) is 0 Å². The maximum atomic E-state index is 12.8. The number of amides is 2. The first-order valence-corrected chi connectivity index (χ1v) is 7.00. The van der Waals surface area contributed by atoms with Gasteiger partial charge >= 0.3 is 6.18 Å². The number of nitrogens with zero attached hydrogens (tertiary/aromatic N) is 1. The third-order valence-electron chi connectivity index (χ3n) is 4.25. The van der Waals surface area contributed by atoms with Gasteiger partial charge in [0.25, 0.3) is 0 Å². The van der Waals surface area contributed by atoms with Crippen molar-refractivity contribution in [3.63, 3.8) is 0 Å². The number of imide groups is 1. The summed E-state index contributed by atoms with van der Waals surface area (Å²) in [6.45, 7) is 1.89. The van der Waals surface area contributed by atoms with Crippen LogP contribution in [0.3, 0.4) is 0 Å². The first-order valence-electron chi connectivity index (χ1n) is 7.00. The number of hydrogen-bond donors (Lipinski definition) is 0. The predicted molar refractivity (Wildman–Crippen MR) is 73.9 cm³/mol. The highest BCUT2D eigenvalue weighted by atomic mass is 19.4. The molecule has 116 valence electrons. The average Bonchev–Trinajstić information content (AvgIpc) is 2.69. The van der Waals surface area contributed by atoms with E-state index in [1.165, 1.54) is 12.1 Å². The van der Waals surface area contributed by atoms with Crippen LogP contribution in [0.5, 0.6) is 0 Å². The zero-order valence-corrected chi connectivity index (χ0v) is 11.9. The second-order valence-corrected chi connectivity index (χ2v) is 5.76. The van der Waals surface area contributed by atoms with Gasteiger partial charge in [0.15, 0.2) is 0 Å². The van der Waals surface area contributed by atoms with E-state index in [1.807, 2.05) is 13.0 Å². The molecular weight excluding hydrogens is 295 g/mol. The molecule has 1 fully saturated rings. The first-order chi connectivity index (χ1) is 10.3. The van der Waals surface area contributed by atoms with Crippen LogP contribution in [0.4, 0.5) is 18.9 Å². The Morgan fingerprint density at radius 2 is 1.82 bits per heavy atom. The zero-order chi connectivity index (χ0) is 16.1. The summed E-state index contributed by atoms with van der Waals surface area (Å²) in [5.74, 6) is -1.71. The van der Waals surface area contributed by atoms with E-state index in [1.54, 1.807) is 0 Å². The molecule has 1 heterocycles. The van der Waals surface area contributed by atoms with Crippen LogP contribution in [0.25, 0.3) is 0 Å². The molecule has 1 aromatic rings. The van der Waals surface area contributed by atoms with Gasteiger partial charge < -0.3 is 0 Å². The number of hydrogen-bond acceptors (Lipinski definition) is 2. The Kier molecular flexibility index (Phi) is 3.34. The van der Waals surface area contributed by atoms with E-state index in [-0.39, 0.29) is 5.69 Å². The Labute approximate surface area is 125 Å². The van der Waals surface area contributed by atoms with Crippen molar-refractivity contribution in [2.75, 3.05) is 4.90 Å². The number of fused-ring (bicyclic) bond motifs is 1. The Morgan fingerprint density at radius 3 is 2.50 bits per heavy atom. The molecule has 0 bridgehead atoms. The quantitative estimate of drug-likeness (QED) is 0.587. The molecule has 2 aliphatic rings. The van der Waals surface area contributed by atoms with Crippen LogP contribution in [0, 0.1) is 11.8 Å². The maximum Gasteiger partial charge on any atom is 0.416 e. The fourth-order valence-electron chi connectivity index (χ4n) is 3.11. The summed E-state index contributed by atoms with van der Waals surface area (Å²) in [5, 5.41) is 0. The molecule has 1 aliphatic heterocycles. The van der Waals surface area contributed by atoms with Crippen molar-refractivity contribution in [3.8, 4) is 0 Å². The molecule has 1 aromatic carbocycles. The molecule has 6 heteroatoms. The van der Waals surface area contributed by atoms with Gasteiger partial charge in [0.05, 0.1) is 23.1 Å². The average molecular weight is 309 g/mol. The Hall–Kier alpha value is -2.11. The molecule has 2 amide bonds. The highest BCUT2D eigenvalue weighted by Gasteiger charge is 2.48. The zero-order valence-electron chi connectivity index (χ0n) is 11.9. The molecular formula is C16H14F3NO2. The maximum absolute atomic E-state index is 12.8. The Balaban J connectivity index is 1.97. The third kappa shape index (κ3) is 2.32. The lowest BCUT2D eigenvalue weighted by Crippen LogP contribution is -2.31. The largest absolute Gasteiger partial charge is 0.416 e. The van der Waals surface area contributed by atoms with E-state index < -0.39 is 35.4 Å². The summed E-state index contributed by atoms with van der Waals surface area (Å²) < 4.78 is 38.4. The molecule has 0 unspecified atom stereocenters. The first kappa shape index (κ1) is 14.8. The monoisotopic (exact) mass is 309 g/mol. The lowest BCUT2D eigenvalue weighted by molar-refractivity contribution is -0.137. The van der Waals surface area contributed by atoms with Gasteiger partial charge in [-0.25, -0.2) is 0 Å². The standard InChI is InChI=1S/C16H14F3NO2/c1-9-5-6-12-13(7-9)15(22)20(14(12)21)11-4-2-3-10(8-11)16(17,18)19/h2-5,8,12-13H,6-7H2,1H3/t12-,13-/m0/s1. The normalized spacial score (nSPS) is 25.3. The van der Waals surface area contributed by atoms with Gasteiger partial charge in [0, 0.05) is 0 Å². The summed E-state index contributed by atoms with van der Waals surface area (Å²) in [5.41, 5.74) is 0.167. The summed E-state index contributed by atoms with van der Waals surface area (Å²) in [4.78, 5) is 25.8. The lowest BCUT2D eigenvalue weighted by atomic mass is 9.82. The van der Waals surface area contributed by atoms with E-state index >= 15 is 0 Å². The van der Waals surface area contributed by atoms with E-state index in [0.717, 1.165) is 22.6 Å². The summed E-state index contributed by atoms with van der Waals surface area (Å²) in [7, 11) is 0. The topological polar surface area (TPSA) is 37.4 Å². The van der Waals surface area contributed by atoms with Crippen molar-refractivity contribution < 1.29 is 22.8 Å². The minimum absolute atomic E-state index is 0.00289. The van der Waals surface area contributed by atoms with Crippen molar-refractivity contribution >= 4 is 17.5 Å². The molecule has 3 rings (SSSR count). The minimum Gasteiger partial charge on any atom is -0.274 e. The highest BCUT2D eigenvalue weighted by molar-refractivity contribution is 6.22. The highest BCUT2D eigenvalue weighted by Crippen LogP contribution is 2.40. The van der Waals surface area contributed by atoms with Crippen molar-refractivity contribution in [1.82, 2.24) is 0 Å². The molecule has 0 aromatic heterocycles. The predicted octanol–water partition coefficient (Wildman–Crippen LogP) is 3.55. The number of anilines is 1. The van der Waals surface area contributed by atoms with Crippen molar-refractivity contribution in [2.24, 2.45) is 11.8 Å². The molecule has 0 saturated carbocycles. The number of carbonyl (C=O) groups is 2. The van der Waals surface area contributed by atoms with Crippen LogP contribution < -0.4 is 4.90 Å². The summed E-state index contributed by atoms with van der Waals surface area (Å²) in [6.07, 6.45) is -1.63. The second kappa shape index (κ2) is 4.97. The van der Waals surface area contributed by atoms with E-state index in [4.69, 9.17) is 0 Å². The molecule has 3 nitrogen and oxygen atoms in total. The lowest BCUT2D eigenvalue weighted by Gasteiger charge is -2.18. The molecule has 0 radical (unpaired) electrons. The summed E-state index contributed by atoms with van der Waals surface area (Å²) in [6, 6.07) is 4.35.